The van der Waals surface area contributed by atoms with Crippen LogP contribution in [0.3, 0.4) is 0 Å². The number of nitrogens with zero attached hydrogens (tertiary/aromatic N) is 2. The van der Waals surface area contributed by atoms with Crippen LogP contribution in [0.15, 0.2) is 10.7 Å². The van der Waals surface area contributed by atoms with E-state index in [1.807, 2.05) is 7.05 Å². The highest BCUT2D eigenvalue weighted by molar-refractivity contribution is 5.26. The molecule has 0 spiro atoms. The van der Waals surface area contributed by atoms with Crippen LogP contribution in [-0.2, 0) is 6.54 Å². The molecular formula is C10H19N3O. The molecule has 4 nitrogen and oxygen atoms in total. The van der Waals surface area contributed by atoms with E-state index in [0.717, 1.165) is 37.8 Å². The van der Waals surface area contributed by atoms with Gasteiger partial charge in [0.05, 0.1) is 5.69 Å². The van der Waals surface area contributed by atoms with Gasteiger partial charge >= 0.3 is 0 Å². The summed E-state index contributed by atoms with van der Waals surface area (Å²) >= 11 is 0. The molecular weight excluding hydrogens is 178 g/mol. The highest BCUT2D eigenvalue weighted by Gasteiger charge is 2.09. The van der Waals surface area contributed by atoms with Crippen molar-refractivity contribution in [1.82, 2.24) is 10.3 Å². The summed E-state index contributed by atoms with van der Waals surface area (Å²) in [7, 11) is 1.90. The van der Waals surface area contributed by atoms with Crippen molar-refractivity contribution < 1.29 is 4.42 Å². The predicted octanol–water partition coefficient (Wildman–Crippen LogP) is 1.63. The van der Waals surface area contributed by atoms with Gasteiger partial charge in [0.15, 0.2) is 0 Å². The van der Waals surface area contributed by atoms with Crippen LogP contribution in [0.5, 0.6) is 0 Å². The minimum absolute atomic E-state index is 0.736. The predicted molar refractivity (Wildman–Crippen MR) is 57.4 cm³/mol. The maximum Gasteiger partial charge on any atom is 0.297 e. The monoisotopic (exact) mass is 197 g/mol. The lowest BCUT2D eigenvalue weighted by Crippen LogP contribution is -2.23. The molecule has 0 aromatic carbocycles. The van der Waals surface area contributed by atoms with E-state index in [1.165, 1.54) is 0 Å². The van der Waals surface area contributed by atoms with Crippen molar-refractivity contribution in [2.24, 2.45) is 0 Å². The van der Waals surface area contributed by atoms with Crippen molar-refractivity contribution in [3.05, 3.63) is 12.0 Å². The fraction of sp³-hybridized carbons (Fsp3) is 0.700. The van der Waals surface area contributed by atoms with Crippen LogP contribution in [0.25, 0.3) is 0 Å². The number of anilines is 1. The second-order valence-electron chi connectivity index (χ2n) is 3.23. The average Bonchev–Trinajstić information content (AvgIpc) is 2.63. The summed E-state index contributed by atoms with van der Waals surface area (Å²) in [5, 5.41) is 3.05. The first-order valence-corrected chi connectivity index (χ1v) is 5.15. The molecule has 0 aliphatic carbocycles. The molecule has 1 heterocycles. The summed E-state index contributed by atoms with van der Waals surface area (Å²) < 4.78 is 5.40. The number of aromatic nitrogens is 1. The van der Waals surface area contributed by atoms with Crippen LogP contribution in [-0.4, -0.2) is 25.1 Å². The summed E-state index contributed by atoms with van der Waals surface area (Å²) in [5.41, 5.74) is 0.956. The summed E-state index contributed by atoms with van der Waals surface area (Å²) in [5.74, 6) is 0. The van der Waals surface area contributed by atoms with E-state index >= 15 is 0 Å². The lowest BCUT2D eigenvalue weighted by atomic mass is 10.4. The van der Waals surface area contributed by atoms with Gasteiger partial charge in [0.2, 0.25) is 0 Å². The largest absolute Gasteiger partial charge is 0.432 e. The normalized spacial score (nSPS) is 10.5. The minimum atomic E-state index is 0.736. The van der Waals surface area contributed by atoms with E-state index in [0.29, 0.717) is 0 Å². The molecule has 0 fully saturated rings. The van der Waals surface area contributed by atoms with Crippen molar-refractivity contribution >= 4 is 6.01 Å². The molecule has 0 amide bonds. The van der Waals surface area contributed by atoms with Gasteiger partial charge < -0.3 is 14.6 Å². The van der Waals surface area contributed by atoms with Gasteiger partial charge in [0.25, 0.3) is 6.01 Å². The molecule has 4 heteroatoms. The van der Waals surface area contributed by atoms with Gasteiger partial charge in [0, 0.05) is 19.6 Å². The zero-order valence-corrected chi connectivity index (χ0v) is 9.21. The highest BCUT2D eigenvalue weighted by Crippen LogP contribution is 2.13. The van der Waals surface area contributed by atoms with Gasteiger partial charge in [-0.3, -0.25) is 0 Å². The Morgan fingerprint density at radius 2 is 2.29 bits per heavy atom. The fourth-order valence-corrected chi connectivity index (χ4v) is 1.36. The van der Waals surface area contributed by atoms with Gasteiger partial charge in [-0.25, -0.2) is 0 Å². The Morgan fingerprint density at radius 1 is 1.50 bits per heavy atom. The SMILES string of the molecule is CCCN(CC)c1nc(CNC)co1. The van der Waals surface area contributed by atoms with E-state index in [4.69, 9.17) is 4.42 Å². The Hall–Kier alpha value is -1.03. The zero-order valence-electron chi connectivity index (χ0n) is 9.21. The maximum atomic E-state index is 5.40. The zero-order chi connectivity index (χ0) is 10.4. The molecule has 1 rings (SSSR count). The van der Waals surface area contributed by atoms with E-state index < -0.39 is 0 Å². The Balaban J connectivity index is 2.63. The third-order valence-electron chi connectivity index (χ3n) is 2.04. The summed E-state index contributed by atoms with van der Waals surface area (Å²) in [4.78, 5) is 6.52. The van der Waals surface area contributed by atoms with Crippen molar-refractivity contribution in [3.63, 3.8) is 0 Å². The van der Waals surface area contributed by atoms with Crippen LogP contribution >= 0.6 is 0 Å². The Labute approximate surface area is 85.3 Å². The van der Waals surface area contributed by atoms with Gasteiger partial charge in [-0.05, 0) is 20.4 Å². The molecule has 0 saturated carbocycles. The number of rotatable bonds is 6. The van der Waals surface area contributed by atoms with Crippen LogP contribution in [0, 0.1) is 0 Å². The smallest absolute Gasteiger partial charge is 0.297 e. The molecule has 80 valence electrons. The van der Waals surface area contributed by atoms with Crippen LogP contribution in [0.1, 0.15) is 26.0 Å². The van der Waals surface area contributed by atoms with Crippen molar-refractivity contribution in [2.45, 2.75) is 26.8 Å². The molecule has 0 aliphatic heterocycles. The van der Waals surface area contributed by atoms with Gasteiger partial charge in [-0.1, -0.05) is 6.92 Å². The number of oxazole rings is 1. The van der Waals surface area contributed by atoms with Crippen LogP contribution < -0.4 is 10.2 Å². The second-order valence-corrected chi connectivity index (χ2v) is 3.23. The van der Waals surface area contributed by atoms with E-state index in [1.54, 1.807) is 6.26 Å². The lowest BCUT2D eigenvalue weighted by Gasteiger charge is -2.16. The quantitative estimate of drug-likeness (QED) is 0.752. The molecule has 1 N–H and O–H groups in total. The average molecular weight is 197 g/mol. The first-order valence-electron chi connectivity index (χ1n) is 5.15. The summed E-state index contributed by atoms with van der Waals surface area (Å²) in [6, 6.07) is 0.736. The van der Waals surface area contributed by atoms with E-state index in [-0.39, 0.29) is 0 Å². The van der Waals surface area contributed by atoms with Crippen LogP contribution in [0.4, 0.5) is 6.01 Å². The fourth-order valence-electron chi connectivity index (χ4n) is 1.36. The Morgan fingerprint density at radius 3 is 2.86 bits per heavy atom. The first kappa shape index (κ1) is 11.0. The molecule has 14 heavy (non-hydrogen) atoms. The van der Waals surface area contributed by atoms with Crippen molar-refractivity contribution in [3.8, 4) is 0 Å². The third-order valence-corrected chi connectivity index (χ3v) is 2.04. The van der Waals surface area contributed by atoms with Crippen molar-refractivity contribution in [1.29, 1.82) is 0 Å². The molecule has 0 saturated heterocycles. The molecule has 0 atom stereocenters. The first-order chi connectivity index (χ1) is 6.81. The minimum Gasteiger partial charge on any atom is -0.432 e. The number of nitrogens with one attached hydrogen (secondary N) is 1. The van der Waals surface area contributed by atoms with Gasteiger partial charge in [-0.15, -0.1) is 0 Å². The summed E-state index contributed by atoms with van der Waals surface area (Å²) in [6.45, 7) is 6.95. The number of hydrogen-bond donors (Lipinski definition) is 1. The second kappa shape index (κ2) is 5.65. The highest BCUT2D eigenvalue weighted by atomic mass is 16.4. The van der Waals surface area contributed by atoms with Crippen LogP contribution in [0.2, 0.25) is 0 Å². The van der Waals surface area contributed by atoms with Gasteiger partial charge in [-0.2, -0.15) is 4.98 Å². The van der Waals surface area contributed by atoms with E-state index in [2.05, 4.69) is 29.0 Å². The lowest BCUT2D eigenvalue weighted by molar-refractivity contribution is 0.533. The molecule has 0 aliphatic rings. The maximum absolute atomic E-state index is 5.40. The number of hydrogen-bond acceptors (Lipinski definition) is 4. The molecule has 0 unspecified atom stereocenters. The standard InChI is InChI=1S/C10H19N3O/c1-4-6-13(5-2)10-12-9(7-11-3)8-14-10/h8,11H,4-7H2,1-3H3. The third kappa shape index (κ3) is 2.73. The Kier molecular flexibility index (Phi) is 4.46. The Bertz CT molecular complexity index is 260. The topological polar surface area (TPSA) is 41.3 Å². The molecule has 1 aromatic rings. The molecule has 0 bridgehead atoms. The molecule has 1 aromatic heterocycles. The van der Waals surface area contributed by atoms with Gasteiger partial charge in [0.1, 0.15) is 6.26 Å². The summed E-state index contributed by atoms with van der Waals surface area (Å²) in [6.07, 6.45) is 2.82. The van der Waals surface area contributed by atoms with Crippen molar-refractivity contribution in [2.75, 3.05) is 25.0 Å². The molecule has 0 radical (unpaired) electrons. The van der Waals surface area contributed by atoms with E-state index in [9.17, 15) is 0 Å².